The van der Waals surface area contributed by atoms with Crippen LogP contribution >= 0.6 is 0 Å². The summed E-state index contributed by atoms with van der Waals surface area (Å²) < 4.78 is 5.63. The highest BCUT2D eigenvalue weighted by Gasteiger charge is 2.18. The van der Waals surface area contributed by atoms with Gasteiger partial charge in [-0.15, -0.1) is 0 Å². The highest BCUT2D eigenvalue weighted by atomic mass is 16.5. The van der Waals surface area contributed by atoms with Gasteiger partial charge in [-0.1, -0.05) is 32.9 Å². The van der Waals surface area contributed by atoms with E-state index in [-0.39, 0.29) is 5.92 Å². The van der Waals surface area contributed by atoms with E-state index in [0.717, 1.165) is 28.7 Å². The van der Waals surface area contributed by atoms with Crippen LogP contribution in [0.3, 0.4) is 0 Å². The van der Waals surface area contributed by atoms with Crippen molar-refractivity contribution in [1.82, 2.24) is 0 Å². The number of rotatable bonds is 7. The molecule has 4 heteroatoms. The molecule has 0 aromatic heterocycles. The Bertz CT molecular complexity index is 770. The summed E-state index contributed by atoms with van der Waals surface area (Å²) >= 11 is 0. The van der Waals surface area contributed by atoms with Gasteiger partial charge in [0.25, 0.3) is 0 Å². The van der Waals surface area contributed by atoms with E-state index >= 15 is 0 Å². The van der Waals surface area contributed by atoms with Gasteiger partial charge in [-0.2, -0.15) is 0 Å². The van der Waals surface area contributed by atoms with Crippen molar-refractivity contribution in [2.24, 2.45) is 0 Å². The van der Waals surface area contributed by atoms with E-state index in [4.69, 9.17) is 4.74 Å². The van der Waals surface area contributed by atoms with Crippen molar-refractivity contribution >= 4 is 5.97 Å². The highest BCUT2D eigenvalue weighted by Crippen LogP contribution is 2.29. The zero-order chi connectivity index (χ0) is 19.4. The van der Waals surface area contributed by atoms with Crippen LogP contribution in [0.4, 0.5) is 0 Å². The number of aryl methyl sites for hydroxylation is 2. The molecule has 0 fully saturated rings. The zero-order valence-corrected chi connectivity index (χ0v) is 16.2. The summed E-state index contributed by atoms with van der Waals surface area (Å²) in [6.45, 7) is 9.95. The first kappa shape index (κ1) is 19.8. The van der Waals surface area contributed by atoms with E-state index in [9.17, 15) is 15.0 Å². The molecule has 0 saturated carbocycles. The van der Waals surface area contributed by atoms with Crippen LogP contribution in [0.15, 0.2) is 30.3 Å². The monoisotopic (exact) mass is 356 g/mol. The van der Waals surface area contributed by atoms with Gasteiger partial charge in [0.2, 0.25) is 0 Å². The molecular weight excluding hydrogens is 328 g/mol. The van der Waals surface area contributed by atoms with Gasteiger partial charge in [0.15, 0.2) is 6.10 Å². The highest BCUT2D eigenvalue weighted by molar-refractivity contribution is 5.72. The van der Waals surface area contributed by atoms with Gasteiger partial charge in [-0.25, -0.2) is 4.79 Å². The Hall–Kier alpha value is -2.49. The molecule has 0 aliphatic heterocycles. The largest absolute Gasteiger partial charge is 0.508 e. The third-order valence-corrected chi connectivity index (χ3v) is 4.69. The molecule has 0 aliphatic carbocycles. The van der Waals surface area contributed by atoms with Gasteiger partial charge in [-0.05, 0) is 78.6 Å². The van der Waals surface area contributed by atoms with E-state index in [1.807, 2.05) is 32.0 Å². The lowest BCUT2D eigenvalue weighted by Gasteiger charge is -2.17. The number of aromatic hydroxyl groups is 1. The minimum absolute atomic E-state index is 0.259. The summed E-state index contributed by atoms with van der Waals surface area (Å²) in [6, 6.07) is 9.56. The number of phenolic OH excluding ortho intramolecular Hbond substituents is 1. The van der Waals surface area contributed by atoms with Crippen molar-refractivity contribution in [3.63, 3.8) is 0 Å². The first-order chi connectivity index (χ1) is 12.2. The average molecular weight is 356 g/mol. The lowest BCUT2D eigenvalue weighted by molar-refractivity contribution is -0.145. The number of phenols is 1. The summed E-state index contributed by atoms with van der Waals surface area (Å²) in [4.78, 5) is 11.2. The molecule has 1 atom stereocenters. The Labute approximate surface area is 155 Å². The van der Waals surface area contributed by atoms with E-state index in [1.165, 1.54) is 5.56 Å². The Kier molecular flexibility index (Phi) is 6.30. The van der Waals surface area contributed by atoms with Crippen molar-refractivity contribution in [3.8, 4) is 11.5 Å². The van der Waals surface area contributed by atoms with Gasteiger partial charge in [0, 0.05) is 0 Å². The van der Waals surface area contributed by atoms with E-state index < -0.39 is 12.1 Å². The molecule has 1 unspecified atom stereocenters. The zero-order valence-electron chi connectivity index (χ0n) is 16.2. The first-order valence-electron chi connectivity index (χ1n) is 9.04. The molecule has 2 N–H and O–H groups in total. The average Bonchev–Trinajstić information content (AvgIpc) is 2.56. The van der Waals surface area contributed by atoms with Crippen LogP contribution in [-0.4, -0.2) is 22.3 Å². The predicted molar refractivity (Wildman–Crippen MR) is 103 cm³/mol. The number of carboxylic acids is 1. The molecule has 0 spiro atoms. The van der Waals surface area contributed by atoms with Crippen molar-refractivity contribution in [1.29, 1.82) is 0 Å². The Morgan fingerprint density at radius 3 is 2.23 bits per heavy atom. The third-order valence-electron chi connectivity index (χ3n) is 4.69. The maximum absolute atomic E-state index is 11.2. The number of hydrogen-bond donors (Lipinski definition) is 2. The first-order valence-corrected chi connectivity index (χ1v) is 9.04. The fourth-order valence-electron chi connectivity index (χ4n) is 3.15. The van der Waals surface area contributed by atoms with Crippen molar-refractivity contribution < 1.29 is 19.7 Å². The number of benzene rings is 2. The van der Waals surface area contributed by atoms with Gasteiger partial charge < -0.3 is 14.9 Å². The number of aliphatic carboxylic acids is 1. The van der Waals surface area contributed by atoms with E-state index in [0.29, 0.717) is 17.9 Å². The Morgan fingerprint density at radius 1 is 1.12 bits per heavy atom. The fourth-order valence-corrected chi connectivity index (χ4v) is 3.15. The second-order valence-corrected chi connectivity index (χ2v) is 7.11. The molecule has 0 saturated heterocycles. The topological polar surface area (TPSA) is 66.8 Å². The van der Waals surface area contributed by atoms with Crippen LogP contribution in [0.2, 0.25) is 0 Å². The van der Waals surface area contributed by atoms with Crippen LogP contribution in [0.5, 0.6) is 11.5 Å². The number of hydrogen-bond acceptors (Lipinski definition) is 3. The third kappa shape index (κ3) is 4.57. The minimum atomic E-state index is -0.947. The molecule has 2 aromatic rings. The molecule has 0 amide bonds. The maximum Gasteiger partial charge on any atom is 0.344 e. The molecule has 2 rings (SSSR count). The summed E-state index contributed by atoms with van der Waals surface area (Å²) in [5, 5.41) is 19.2. The van der Waals surface area contributed by atoms with E-state index in [1.54, 1.807) is 13.0 Å². The van der Waals surface area contributed by atoms with Crippen LogP contribution in [0, 0.1) is 13.8 Å². The summed E-state index contributed by atoms with van der Waals surface area (Å²) in [7, 11) is 0. The van der Waals surface area contributed by atoms with E-state index in [2.05, 4.69) is 19.9 Å². The van der Waals surface area contributed by atoms with Crippen LogP contribution in [0.1, 0.15) is 60.9 Å². The lowest BCUT2D eigenvalue weighted by Crippen LogP contribution is -2.26. The standard InChI is InChI=1S/C22H28O4/c1-6-21(22(24)25)26-17-9-14(4)19(15(5)10-17)12-16-7-8-20(23)18(11-16)13(2)3/h7-11,13,21,23H,6,12H2,1-5H3,(H,24,25). The second-order valence-electron chi connectivity index (χ2n) is 7.11. The molecule has 26 heavy (non-hydrogen) atoms. The number of carbonyl (C=O) groups is 1. The van der Waals surface area contributed by atoms with Crippen LogP contribution in [0.25, 0.3) is 0 Å². The molecule has 140 valence electrons. The Morgan fingerprint density at radius 2 is 1.73 bits per heavy atom. The molecule has 2 aromatic carbocycles. The fraction of sp³-hybridized carbons (Fsp3) is 0.409. The number of ether oxygens (including phenoxy) is 1. The van der Waals surface area contributed by atoms with Crippen molar-refractivity contribution in [2.75, 3.05) is 0 Å². The second kappa shape index (κ2) is 8.26. The summed E-state index contributed by atoms with van der Waals surface area (Å²) in [5.74, 6) is 0.235. The summed E-state index contributed by atoms with van der Waals surface area (Å²) in [5.41, 5.74) is 5.42. The molecule has 0 aliphatic rings. The molecule has 0 radical (unpaired) electrons. The molecule has 4 nitrogen and oxygen atoms in total. The van der Waals surface area contributed by atoms with Crippen LogP contribution < -0.4 is 4.74 Å². The summed E-state index contributed by atoms with van der Waals surface area (Å²) in [6.07, 6.45) is 0.347. The van der Waals surface area contributed by atoms with Gasteiger partial charge in [0.1, 0.15) is 11.5 Å². The molecule has 0 bridgehead atoms. The van der Waals surface area contributed by atoms with Crippen molar-refractivity contribution in [3.05, 3.63) is 58.1 Å². The predicted octanol–water partition coefficient (Wildman–Crippen LogP) is 4.97. The maximum atomic E-state index is 11.2. The molecule has 0 heterocycles. The Balaban J connectivity index is 2.29. The van der Waals surface area contributed by atoms with Gasteiger partial charge >= 0.3 is 5.97 Å². The quantitative estimate of drug-likeness (QED) is 0.735. The van der Waals surface area contributed by atoms with Gasteiger partial charge in [0.05, 0.1) is 0 Å². The van der Waals surface area contributed by atoms with Crippen molar-refractivity contribution in [2.45, 2.75) is 59.5 Å². The SMILES string of the molecule is CCC(Oc1cc(C)c(Cc2ccc(O)c(C(C)C)c2)c(C)c1)C(=O)O. The molecular formula is C22H28O4. The normalized spacial score (nSPS) is 12.2. The van der Waals surface area contributed by atoms with Gasteiger partial charge in [-0.3, -0.25) is 0 Å². The number of carboxylic acid groups (broad SMARTS) is 1. The lowest BCUT2D eigenvalue weighted by atomic mass is 9.93. The van der Waals surface area contributed by atoms with Crippen LogP contribution in [-0.2, 0) is 11.2 Å². The minimum Gasteiger partial charge on any atom is -0.508 e. The smallest absolute Gasteiger partial charge is 0.344 e.